The van der Waals surface area contributed by atoms with Crippen molar-refractivity contribution in [2.45, 2.75) is 25.3 Å². The van der Waals surface area contributed by atoms with Gasteiger partial charge >= 0.3 is 0 Å². The molecule has 3 aromatic rings. The van der Waals surface area contributed by atoms with Crippen molar-refractivity contribution >= 4 is 21.6 Å². The Morgan fingerprint density at radius 3 is 2.26 bits per heavy atom. The Morgan fingerprint density at radius 2 is 1.58 bits per heavy atom. The molecule has 0 aliphatic heterocycles. The first kappa shape index (κ1) is 22.5. The Balaban J connectivity index is 1.86. The SMILES string of the molecule is CCOc1ccccc1NC(=O)CN(Cc1ccccc1)S(=O)(=O)c1ccc(C)cc1. The van der Waals surface area contributed by atoms with Crippen molar-refractivity contribution in [2.75, 3.05) is 18.5 Å². The van der Waals surface area contributed by atoms with Gasteiger partial charge in [0, 0.05) is 6.54 Å². The van der Waals surface area contributed by atoms with Gasteiger partial charge in [-0.25, -0.2) is 8.42 Å². The predicted octanol–water partition coefficient (Wildman–Crippen LogP) is 4.22. The summed E-state index contributed by atoms with van der Waals surface area (Å²) >= 11 is 0. The fourth-order valence-electron chi connectivity index (χ4n) is 3.07. The van der Waals surface area contributed by atoms with Crippen LogP contribution in [0.3, 0.4) is 0 Å². The van der Waals surface area contributed by atoms with Crippen LogP contribution in [-0.2, 0) is 21.4 Å². The summed E-state index contributed by atoms with van der Waals surface area (Å²) in [5, 5.41) is 2.77. The van der Waals surface area contributed by atoms with Crippen molar-refractivity contribution in [1.82, 2.24) is 4.31 Å². The maximum absolute atomic E-state index is 13.3. The Hall–Kier alpha value is -3.16. The number of para-hydroxylation sites is 2. The topological polar surface area (TPSA) is 75.7 Å². The largest absolute Gasteiger partial charge is 0.492 e. The summed E-state index contributed by atoms with van der Waals surface area (Å²) in [5.41, 5.74) is 2.25. The number of carbonyl (C=O) groups excluding carboxylic acids is 1. The van der Waals surface area contributed by atoms with E-state index in [-0.39, 0.29) is 18.0 Å². The maximum atomic E-state index is 13.3. The van der Waals surface area contributed by atoms with E-state index < -0.39 is 15.9 Å². The van der Waals surface area contributed by atoms with Gasteiger partial charge in [-0.2, -0.15) is 4.31 Å². The van der Waals surface area contributed by atoms with Gasteiger partial charge in [-0.1, -0.05) is 60.2 Å². The zero-order valence-electron chi connectivity index (χ0n) is 17.6. The summed E-state index contributed by atoms with van der Waals surface area (Å²) in [6.07, 6.45) is 0. The molecule has 31 heavy (non-hydrogen) atoms. The molecule has 0 aromatic heterocycles. The third-order valence-corrected chi connectivity index (χ3v) is 6.45. The Bertz CT molecular complexity index is 1110. The minimum Gasteiger partial charge on any atom is -0.492 e. The van der Waals surface area contributed by atoms with Gasteiger partial charge in [-0.3, -0.25) is 4.79 Å². The number of nitrogens with zero attached hydrogens (tertiary/aromatic N) is 1. The lowest BCUT2D eigenvalue weighted by Gasteiger charge is -2.22. The molecule has 0 heterocycles. The number of aryl methyl sites for hydroxylation is 1. The molecule has 0 fully saturated rings. The normalized spacial score (nSPS) is 11.3. The second-order valence-electron chi connectivity index (χ2n) is 7.05. The highest BCUT2D eigenvalue weighted by molar-refractivity contribution is 7.89. The summed E-state index contributed by atoms with van der Waals surface area (Å²) in [7, 11) is -3.88. The van der Waals surface area contributed by atoms with Crippen molar-refractivity contribution in [3.8, 4) is 5.75 Å². The van der Waals surface area contributed by atoms with Gasteiger partial charge in [0.25, 0.3) is 0 Å². The van der Waals surface area contributed by atoms with Crippen molar-refractivity contribution in [1.29, 1.82) is 0 Å². The average molecular weight is 439 g/mol. The number of nitrogens with one attached hydrogen (secondary N) is 1. The van der Waals surface area contributed by atoms with Crippen LogP contribution in [0.1, 0.15) is 18.1 Å². The van der Waals surface area contributed by atoms with E-state index in [1.165, 1.54) is 4.31 Å². The van der Waals surface area contributed by atoms with Gasteiger partial charge in [0.1, 0.15) is 5.75 Å². The van der Waals surface area contributed by atoms with E-state index in [1.807, 2.05) is 50.2 Å². The molecule has 0 radical (unpaired) electrons. The molecular weight excluding hydrogens is 412 g/mol. The molecule has 0 bridgehead atoms. The maximum Gasteiger partial charge on any atom is 0.243 e. The molecule has 0 saturated heterocycles. The highest BCUT2D eigenvalue weighted by atomic mass is 32.2. The van der Waals surface area contributed by atoms with Crippen LogP contribution >= 0.6 is 0 Å². The minimum atomic E-state index is -3.88. The molecule has 7 heteroatoms. The fourth-order valence-corrected chi connectivity index (χ4v) is 4.46. The van der Waals surface area contributed by atoms with Gasteiger partial charge < -0.3 is 10.1 Å². The molecule has 162 valence electrons. The van der Waals surface area contributed by atoms with Crippen LogP contribution in [0.15, 0.2) is 83.8 Å². The molecule has 3 rings (SSSR count). The molecule has 0 unspecified atom stereocenters. The fraction of sp³-hybridized carbons (Fsp3) is 0.208. The summed E-state index contributed by atoms with van der Waals surface area (Å²) in [5.74, 6) is 0.0909. The Kier molecular flexibility index (Phi) is 7.44. The summed E-state index contributed by atoms with van der Waals surface area (Å²) in [4.78, 5) is 13.0. The smallest absolute Gasteiger partial charge is 0.243 e. The first-order chi connectivity index (χ1) is 14.9. The van der Waals surface area contributed by atoms with Crippen LogP contribution in [0.5, 0.6) is 5.75 Å². The number of amides is 1. The van der Waals surface area contributed by atoms with E-state index in [9.17, 15) is 13.2 Å². The van der Waals surface area contributed by atoms with Crippen LogP contribution in [-0.4, -0.2) is 31.8 Å². The lowest BCUT2D eigenvalue weighted by molar-refractivity contribution is -0.116. The molecule has 0 saturated carbocycles. The number of benzene rings is 3. The number of hydrogen-bond donors (Lipinski definition) is 1. The number of ether oxygens (including phenoxy) is 1. The van der Waals surface area contributed by atoms with E-state index in [1.54, 1.807) is 42.5 Å². The van der Waals surface area contributed by atoms with E-state index >= 15 is 0 Å². The summed E-state index contributed by atoms with van der Waals surface area (Å²) in [6.45, 7) is 3.95. The molecule has 0 aliphatic rings. The molecule has 3 aromatic carbocycles. The lowest BCUT2D eigenvalue weighted by Crippen LogP contribution is -2.37. The molecule has 1 amide bonds. The monoisotopic (exact) mass is 438 g/mol. The van der Waals surface area contributed by atoms with Crippen molar-refractivity contribution in [2.24, 2.45) is 0 Å². The minimum absolute atomic E-state index is 0.0809. The second-order valence-corrected chi connectivity index (χ2v) is 8.99. The van der Waals surface area contributed by atoms with Gasteiger partial charge in [-0.15, -0.1) is 0 Å². The lowest BCUT2D eigenvalue weighted by atomic mass is 10.2. The van der Waals surface area contributed by atoms with Crippen LogP contribution in [0.2, 0.25) is 0 Å². The molecule has 1 N–H and O–H groups in total. The van der Waals surface area contributed by atoms with Crippen molar-refractivity contribution < 1.29 is 17.9 Å². The highest BCUT2D eigenvalue weighted by Crippen LogP contribution is 2.24. The molecular formula is C24H26N2O4S. The molecule has 0 spiro atoms. The van der Waals surface area contributed by atoms with E-state index in [0.717, 1.165) is 11.1 Å². The first-order valence-corrected chi connectivity index (χ1v) is 11.5. The summed E-state index contributed by atoms with van der Waals surface area (Å²) < 4.78 is 33.4. The van der Waals surface area contributed by atoms with Crippen LogP contribution in [0, 0.1) is 6.92 Å². The third-order valence-electron chi connectivity index (χ3n) is 4.64. The zero-order valence-corrected chi connectivity index (χ0v) is 18.4. The van der Waals surface area contributed by atoms with Crippen molar-refractivity contribution in [3.63, 3.8) is 0 Å². The Morgan fingerprint density at radius 1 is 0.935 bits per heavy atom. The first-order valence-electron chi connectivity index (χ1n) is 10.0. The number of anilines is 1. The number of sulfonamides is 1. The predicted molar refractivity (Wildman–Crippen MR) is 121 cm³/mol. The van der Waals surface area contributed by atoms with E-state index in [2.05, 4.69) is 5.32 Å². The molecule has 6 nitrogen and oxygen atoms in total. The number of rotatable bonds is 9. The van der Waals surface area contributed by atoms with Crippen LogP contribution < -0.4 is 10.1 Å². The second kappa shape index (κ2) is 10.2. The van der Waals surface area contributed by atoms with Gasteiger partial charge in [0.15, 0.2) is 0 Å². The Labute approximate surface area is 183 Å². The quantitative estimate of drug-likeness (QED) is 0.543. The van der Waals surface area contributed by atoms with Gasteiger partial charge in [0.05, 0.1) is 23.7 Å². The molecule has 0 aliphatic carbocycles. The van der Waals surface area contributed by atoms with Crippen molar-refractivity contribution in [3.05, 3.63) is 90.0 Å². The molecule has 0 atom stereocenters. The summed E-state index contributed by atoms with van der Waals surface area (Å²) in [6, 6.07) is 22.9. The van der Waals surface area contributed by atoms with E-state index in [0.29, 0.717) is 18.0 Å². The van der Waals surface area contributed by atoms with E-state index in [4.69, 9.17) is 4.74 Å². The third kappa shape index (κ3) is 5.93. The number of hydrogen-bond acceptors (Lipinski definition) is 4. The van der Waals surface area contributed by atoms with Crippen LogP contribution in [0.4, 0.5) is 5.69 Å². The highest BCUT2D eigenvalue weighted by Gasteiger charge is 2.27. The number of carbonyl (C=O) groups is 1. The van der Waals surface area contributed by atoms with Crippen LogP contribution in [0.25, 0.3) is 0 Å². The average Bonchev–Trinajstić information content (AvgIpc) is 2.76. The van der Waals surface area contributed by atoms with Gasteiger partial charge in [-0.05, 0) is 43.7 Å². The van der Waals surface area contributed by atoms with Gasteiger partial charge in [0.2, 0.25) is 15.9 Å². The zero-order chi connectivity index (χ0) is 22.3. The standard InChI is InChI=1S/C24H26N2O4S/c1-3-30-23-12-8-7-11-22(23)25-24(27)18-26(17-20-9-5-4-6-10-20)31(28,29)21-15-13-19(2)14-16-21/h4-16H,3,17-18H2,1-2H3,(H,25,27).